The normalized spacial score (nSPS) is 12.2. The Morgan fingerprint density at radius 2 is 0.697 bits per heavy atom. The summed E-state index contributed by atoms with van der Waals surface area (Å²) in [4.78, 5) is 4.81. The largest absolute Gasteiger partial charge is 0.318 e. The van der Waals surface area contributed by atoms with E-state index in [9.17, 15) is 11.8 Å². The Balaban J connectivity index is 1.14. The van der Waals surface area contributed by atoms with Gasteiger partial charge >= 0.3 is 0 Å². The minimum atomic E-state index is 0.387. The summed E-state index contributed by atoms with van der Waals surface area (Å²) in [5.41, 5.74) is 10.3. The lowest BCUT2D eigenvalue weighted by Gasteiger charge is -2.26. The van der Waals surface area contributed by atoms with Gasteiger partial charge in [0.15, 0.2) is 0 Å². The maximum absolute atomic E-state index is 12.3. The van der Waals surface area contributed by atoms with Gasteiger partial charge in [-0.25, -0.2) is 4.85 Å². The van der Waals surface area contributed by atoms with Crippen molar-refractivity contribution in [2.75, 3.05) is 0 Å². The molecule has 6 aromatic heterocycles. The molecule has 0 bridgehead atoms. The Morgan fingerprint density at radius 1 is 0.342 bits per heavy atom. The highest BCUT2D eigenvalue weighted by Gasteiger charge is 2.34. The molecule has 350 valence electrons. The second-order valence-corrected chi connectivity index (χ2v) is 22.8. The first-order chi connectivity index (χ1) is 37.7. The van der Waals surface area contributed by atoms with Gasteiger partial charge in [-0.05, 0) is 60.2 Å². The fraction of sp³-hybridized carbons (Fsp3) is 0. The SMILES string of the molecule is [C-]#[N+]c1c(-n2c3ccccc3c3c4sc5ccccc5c4ccc32)c(C#N)c(-c2ccccc2)c(-n2c3ccccc3c3c4sc5ccccc5c4ccc32)c1-n1c2ccccc2c2c3sc4ccccc4c3ccc21. The number of rotatable bonds is 4. The number of para-hydroxylation sites is 3. The molecular weight excluding hydrogens is 983 g/mol. The number of hydrogen-bond donors (Lipinski definition) is 0. The topological polar surface area (TPSA) is 42.9 Å². The third kappa shape index (κ3) is 5.39. The zero-order chi connectivity index (χ0) is 49.9. The number of thiophene rings is 3. The van der Waals surface area contributed by atoms with Crippen LogP contribution in [0.25, 0.3) is 159 Å². The third-order valence-electron chi connectivity index (χ3n) is 15.9. The van der Waals surface area contributed by atoms with Gasteiger partial charge in [-0.2, -0.15) is 5.26 Å². The summed E-state index contributed by atoms with van der Waals surface area (Å²) >= 11 is 5.44. The minimum absolute atomic E-state index is 0.387. The maximum atomic E-state index is 12.3. The van der Waals surface area contributed by atoms with E-state index in [2.05, 4.69) is 226 Å². The fourth-order valence-corrected chi connectivity index (χ4v) is 16.7. The van der Waals surface area contributed by atoms with Crippen LogP contribution in [0.1, 0.15) is 5.56 Å². The van der Waals surface area contributed by atoms with Crippen LogP contribution < -0.4 is 0 Å². The standard InChI is InChI=1S/C68H35N5S3/c1-70-62-63(71-49-25-11-5-22-45(49)59-52(71)34-31-42-39-19-8-14-28-55(39)74-66(42)59)48(37-69)58(38-17-3-2-4-18-38)64(72-50-26-12-6-23-46(50)60-53(72)35-32-43-40-20-9-15-29-56(40)75-67(43)60)65(62)73-51-27-13-7-24-47(51)61-54(73)36-33-44-41-21-10-16-30-57(41)76-68(44)61/h2-36H. The van der Waals surface area contributed by atoms with Gasteiger partial charge in [0.1, 0.15) is 6.07 Å². The number of aromatic nitrogens is 3. The Kier molecular flexibility index (Phi) is 8.54. The van der Waals surface area contributed by atoms with Gasteiger partial charge in [-0.1, -0.05) is 158 Å². The van der Waals surface area contributed by atoms with E-state index in [1.165, 1.54) is 60.5 Å². The molecule has 0 N–H and O–H groups in total. The van der Waals surface area contributed by atoms with Crippen molar-refractivity contribution in [2.24, 2.45) is 0 Å². The molecule has 0 fully saturated rings. The van der Waals surface area contributed by atoms with Crippen LogP contribution in [-0.2, 0) is 0 Å². The van der Waals surface area contributed by atoms with Crippen LogP contribution in [0.2, 0.25) is 0 Å². The summed E-state index contributed by atoms with van der Waals surface area (Å²) in [5.74, 6) is 0. The van der Waals surface area contributed by atoms with Gasteiger partial charge in [0, 0.05) is 98.4 Å². The van der Waals surface area contributed by atoms with Crippen LogP contribution in [0.5, 0.6) is 0 Å². The Hall–Kier alpha value is -9.54. The lowest BCUT2D eigenvalue weighted by atomic mass is 9.93. The smallest absolute Gasteiger partial charge is 0.237 e. The zero-order valence-electron chi connectivity index (χ0n) is 40.2. The molecule has 76 heavy (non-hydrogen) atoms. The lowest BCUT2D eigenvalue weighted by molar-refractivity contribution is 1.08. The predicted molar refractivity (Wildman–Crippen MR) is 325 cm³/mol. The van der Waals surface area contributed by atoms with Gasteiger partial charge in [0.05, 0.1) is 62.3 Å². The highest BCUT2D eigenvalue weighted by Crippen LogP contribution is 2.55. The molecule has 0 aliphatic rings. The molecule has 0 unspecified atom stereocenters. The van der Waals surface area contributed by atoms with Crippen molar-refractivity contribution >= 4 is 166 Å². The molecule has 0 aliphatic carbocycles. The first-order valence-corrected chi connectivity index (χ1v) is 27.7. The van der Waals surface area contributed by atoms with Crippen molar-refractivity contribution in [2.45, 2.75) is 0 Å². The molecule has 17 rings (SSSR count). The summed E-state index contributed by atoms with van der Waals surface area (Å²) in [7, 11) is 0. The van der Waals surface area contributed by atoms with Crippen LogP contribution in [0.3, 0.4) is 0 Å². The van der Waals surface area contributed by atoms with E-state index in [1.54, 1.807) is 11.3 Å². The van der Waals surface area contributed by atoms with E-state index in [0.29, 0.717) is 22.6 Å². The number of hydrogen-bond acceptors (Lipinski definition) is 4. The minimum Gasteiger partial charge on any atom is -0.318 e. The molecule has 17 aromatic rings. The van der Waals surface area contributed by atoms with Crippen LogP contribution in [-0.4, -0.2) is 13.7 Å². The number of nitriles is 1. The molecular formula is C68H35N5S3. The highest BCUT2D eigenvalue weighted by atomic mass is 32.1. The summed E-state index contributed by atoms with van der Waals surface area (Å²) in [6.07, 6.45) is 0. The number of fused-ring (bicyclic) bond motifs is 21. The summed E-state index contributed by atoms with van der Waals surface area (Å²) in [6, 6.07) is 78.7. The average Bonchev–Trinajstić information content (AvgIpc) is 4.45. The van der Waals surface area contributed by atoms with Crippen molar-refractivity contribution in [1.82, 2.24) is 13.7 Å². The Labute approximate surface area is 445 Å². The van der Waals surface area contributed by atoms with Gasteiger partial charge in [0.2, 0.25) is 5.69 Å². The molecule has 0 spiro atoms. The average molecular weight is 1020 g/mol. The van der Waals surface area contributed by atoms with Crippen LogP contribution in [0, 0.1) is 17.9 Å². The van der Waals surface area contributed by atoms with E-state index in [-0.39, 0.29) is 0 Å². The molecule has 11 aromatic carbocycles. The summed E-state index contributed by atoms with van der Waals surface area (Å²) in [5, 5.41) is 26.3. The lowest BCUT2D eigenvalue weighted by Crippen LogP contribution is -2.11. The van der Waals surface area contributed by atoms with E-state index in [4.69, 9.17) is 4.85 Å². The molecule has 0 amide bonds. The van der Waals surface area contributed by atoms with Crippen molar-refractivity contribution in [3.05, 3.63) is 229 Å². The van der Waals surface area contributed by atoms with Crippen LogP contribution in [0.4, 0.5) is 5.69 Å². The Bertz CT molecular complexity index is 5510. The zero-order valence-corrected chi connectivity index (χ0v) is 42.6. The molecule has 0 atom stereocenters. The van der Waals surface area contributed by atoms with Gasteiger partial charge < -0.3 is 13.7 Å². The first kappa shape index (κ1) is 41.9. The quantitative estimate of drug-likeness (QED) is 0.162. The Morgan fingerprint density at radius 3 is 1.11 bits per heavy atom. The van der Waals surface area contributed by atoms with E-state index in [1.807, 2.05) is 28.7 Å². The van der Waals surface area contributed by atoms with Crippen molar-refractivity contribution in [3.8, 4) is 34.3 Å². The second-order valence-electron chi connectivity index (χ2n) is 19.6. The second kappa shape index (κ2) is 15.5. The molecule has 5 nitrogen and oxygen atoms in total. The number of benzene rings is 11. The molecule has 0 radical (unpaired) electrons. The van der Waals surface area contributed by atoms with Gasteiger partial charge in [-0.3, -0.25) is 0 Å². The summed E-state index contributed by atoms with van der Waals surface area (Å²) < 4.78 is 14.3. The van der Waals surface area contributed by atoms with E-state index in [0.717, 1.165) is 82.2 Å². The highest BCUT2D eigenvalue weighted by molar-refractivity contribution is 7.27. The van der Waals surface area contributed by atoms with E-state index >= 15 is 0 Å². The van der Waals surface area contributed by atoms with E-state index < -0.39 is 0 Å². The molecule has 0 saturated heterocycles. The summed E-state index contributed by atoms with van der Waals surface area (Å²) in [6.45, 7) is 9.82. The predicted octanol–water partition coefficient (Wildman–Crippen LogP) is 20.2. The number of nitrogens with zero attached hydrogens (tertiary/aromatic N) is 5. The first-order valence-electron chi connectivity index (χ1n) is 25.3. The van der Waals surface area contributed by atoms with Crippen molar-refractivity contribution in [3.63, 3.8) is 0 Å². The van der Waals surface area contributed by atoms with Gasteiger partial charge in [-0.15, -0.1) is 34.0 Å². The molecule has 0 aliphatic heterocycles. The van der Waals surface area contributed by atoms with Crippen LogP contribution >= 0.6 is 34.0 Å². The molecule has 8 heteroatoms. The molecule has 0 saturated carbocycles. The van der Waals surface area contributed by atoms with Crippen LogP contribution in [0.15, 0.2) is 212 Å². The fourth-order valence-electron chi connectivity index (χ4n) is 12.9. The van der Waals surface area contributed by atoms with Gasteiger partial charge in [0.25, 0.3) is 0 Å². The maximum Gasteiger partial charge on any atom is 0.237 e. The molecule has 6 heterocycles. The third-order valence-corrected chi connectivity index (χ3v) is 19.5. The van der Waals surface area contributed by atoms with Crippen molar-refractivity contribution < 1.29 is 0 Å². The van der Waals surface area contributed by atoms with Crippen molar-refractivity contribution in [1.29, 1.82) is 5.26 Å². The monoisotopic (exact) mass is 1020 g/mol.